The van der Waals surface area contributed by atoms with E-state index in [0.717, 1.165) is 29.6 Å². The van der Waals surface area contributed by atoms with Crippen molar-refractivity contribution >= 4 is 29.1 Å². The highest BCUT2D eigenvalue weighted by Crippen LogP contribution is 2.21. The molecule has 4 nitrogen and oxygen atoms in total. The Morgan fingerprint density at radius 3 is 3.25 bits per heavy atom. The van der Waals surface area contributed by atoms with Crippen LogP contribution in [0.15, 0.2) is 11.6 Å². The monoisotopic (exact) mass is 258 g/mol. The summed E-state index contributed by atoms with van der Waals surface area (Å²) < 4.78 is 0. The molecule has 1 unspecified atom stereocenters. The number of thioether (sulfide) groups is 1. The number of aromatic nitrogens is 1. The molecule has 0 aliphatic carbocycles. The molecule has 1 aromatic rings. The molecular weight excluding hydrogens is 244 g/mol. The molecule has 0 amide bonds. The van der Waals surface area contributed by atoms with Crippen molar-refractivity contribution < 1.29 is 9.90 Å². The fourth-order valence-corrected chi connectivity index (χ4v) is 3.56. The summed E-state index contributed by atoms with van der Waals surface area (Å²) in [6.45, 7) is 1.75. The van der Waals surface area contributed by atoms with Gasteiger partial charge in [0.1, 0.15) is 5.01 Å². The summed E-state index contributed by atoms with van der Waals surface area (Å²) in [5.74, 6) is 1.29. The molecule has 0 spiro atoms. The second-order valence-corrected chi connectivity index (χ2v) is 5.85. The van der Waals surface area contributed by atoms with Gasteiger partial charge < -0.3 is 5.11 Å². The molecule has 0 saturated carbocycles. The Labute approximate surface area is 103 Å². The Morgan fingerprint density at radius 2 is 2.56 bits per heavy atom. The van der Waals surface area contributed by atoms with Gasteiger partial charge in [0.25, 0.3) is 0 Å². The molecule has 1 saturated heterocycles. The van der Waals surface area contributed by atoms with Gasteiger partial charge in [-0.2, -0.15) is 11.8 Å². The summed E-state index contributed by atoms with van der Waals surface area (Å²) in [5, 5.41) is 11.9. The largest absolute Gasteiger partial charge is 0.481 e. The molecule has 1 N–H and O–H groups in total. The molecule has 1 aliphatic heterocycles. The van der Waals surface area contributed by atoms with E-state index in [2.05, 4.69) is 9.88 Å². The van der Waals surface area contributed by atoms with Crippen molar-refractivity contribution in [2.24, 2.45) is 0 Å². The van der Waals surface area contributed by atoms with Crippen LogP contribution >= 0.6 is 23.1 Å². The van der Waals surface area contributed by atoms with Gasteiger partial charge in [0.15, 0.2) is 0 Å². The second-order valence-electron chi connectivity index (χ2n) is 3.72. The molecule has 0 bridgehead atoms. The maximum atomic E-state index is 10.8. The molecule has 1 fully saturated rings. The van der Waals surface area contributed by atoms with Gasteiger partial charge in [0, 0.05) is 35.7 Å². The molecule has 2 rings (SSSR count). The van der Waals surface area contributed by atoms with Crippen LogP contribution in [0.3, 0.4) is 0 Å². The molecular formula is C10H14N2O2S2. The highest BCUT2D eigenvalue weighted by atomic mass is 32.2. The van der Waals surface area contributed by atoms with Crippen LogP contribution in [0, 0.1) is 0 Å². The zero-order valence-electron chi connectivity index (χ0n) is 8.83. The molecule has 0 radical (unpaired) electrons. The van der Waals surface area contributed by atoms with Gasteiger partial charge in [0.2, 0.25) is 0 Å². The smallest absolute Gasteiger partial charge is 0.304 e. The van der Waals surface area contributed by atoms with E-state index in [9.17, 15) is 4.79 Å². The normalized spacial score (nSPS) is 22.1. The fraction of sp³-hybridized carbons (Fsp3) is 0.600. The van der Waals surface area contributed by atoms with E-state index in [1.54, 1.807) is 17.5 Å². The highest BCUT2D eigenvalue weighted by Gasteiger charge is 2.25. The van der Waals surface area contributed by atoms with Gasteiger partial charge in [0.05, 0.1) is 13.0 Å². The number of carbonyl (C=O) groups is 1. The number of carboxylic acid groups (broad SMARTS) is 1. The first-order valence-electron chi connectivity index (χ1n) is 5.17. The number of aliphatic carboxylic acids is 1. The molecule has 16 heavy (non-hydrogen) atoms. The van der Waals surface area contributed by atoms with E-state index in [1.165, 1.54) is 0 Å². The summed E-state index contributed by atoms with van der Waals surface area (Å²) in [6, 6.07) is 0.153. The first-order valence-corrected chi connectivity index (χ1v) is 7.21. The molecule has 1 atom stereocenters. The van der Waals surface area contributed by atoms with Crippen LogP contribution in [-0.2, 0) is 11.3 Å². The van der Waals surface area contributed by atoms with Crippen LogP contribution in [0.2, 0.25) is 0 Å². The highest BCUT2D eigenvalue weighted by molar-refractivity contribution is 7.99. The van der Waals surface area contributed by atoms with Gasteiger partial charge in [-0.25, -0.2) is 4.98 Å². The zero-order valence-corrected chi connectivity index (χ0v) is 10.5. The molecule has 0 aromatic carbocycles. The van der Waals surface area contributed by atoms with Crippen LogP contribution in [-0.4, -0.2) is 45.1 Å². The first kappa shape index (κ1) is 11.9. The number of rotatable bonds is 4. The van der Waals surface area contributed by atoms with Gasteiger partial charge >= 0.3 is 5.97 Å². The summed E-state index contributed by atoms with van der Waals surface area (Å²) in [4.78, 5) is 17.3. The van der Waals surface area contributed by atoms with Crippen LogP contribution in [0.1, 0.15) is 11.4 Å². The van der Waals surface area contributed by atoms with Crippen LogP contribution < -0.4 is 0 Å². The van der Waals surface area contributed by atoms with Crippen molar-refractivity contribution in [1.82, 2.24) is 9.88 Å². The Balaban J connectivity index is 1.96. The summed E-state index contributed by atoms with van der Waals surface area (Å²) in [7, 11) is 0. The number of hydrogen-bond acceptors (Lipinski definition) is 5. The minimum atomic E-state index is -0.711. The van der Waals surface area contributed by atoms with Crippen molar-refractivity contribution in [3.05, 3.63) is 16.6 Å². The van der Waals surface area contributed by atoms with E-state index >= 15 is 0 Å². The fourth-order valence-electron chi connectivity index (χ4n) is 1.79. The van der Waals surface area contributed by atoms with Crippen molar-refractivity contribution in [1.29, 1.82) is 0 Å². The van der Waals surface area contributed by atoms with E-state index in [-0.39, 0.29) is 12.5 Å². The number of carboxylic acids is 1. The SMILES string of the molecule is O=C(O)CC1CSCCN1Cc1nccs1. The lowest BCUT2D eigenvalue weighted by molar-refractivity contribution is -0.138. The topological polar surface area (TPSA) is 53.4 Å². The molecule has 1 aromatic heterocycles. The molecule has 88 valence electrons. The van der Waals surface area contributed by atoms with Crippen LogP contribution in [0.4, 0.5) is 0 Å². The van der Waals surface area contributed by atoms with E-state index in [0.29, 0.717) is 0 Å². The zero-order chi connectivity index (χ0) is 11.4. The third-order valence-corrected chi connectivity index (χ3v) is 4.44. The maximum absolute atomic E-state index is 10.8. The standard InChI is InChI=1S/C10H14N2O2S2/c13-10(14)5-8-7-15-4-2-12(8)6-9-11-1-3-16-9/h1,3,8H,2,4-7H2,(H,13,14). The van der Waals surface area contributed by atoms with Crippen LogP contribution in [0.5, 0.6) is 0 Å². The minimum absolute atomic E-state index is 0.153. The Bertz CT molecular complexity index is 343. The molecule has 1 aliphatic rings. The number of hydrogen-bond donors (Lipinski definition) is 1. The average molecular weight is 258 g/mol. The van der Waals surface area contributed by atoms with Gasteiger partial charge in [-0.1, -0.05) is 0 Å². The lowest BCUT2D eigenvalue weighted by Crippen LogP contribution is -2.42. The number of nitrogens with zero attached hydrogens (tertiary/aromatic N) is 2. The minimum Gasteiger partial charge on any atom is -0.481 e. The lowest BCUT2D eigenvalue weighted by atomic mass is 10.2. The summed E-state index contributed by atoms with van der Waals surface area (Å²) in [5.41, 5.74) is 0. The quantitative estimate of drug-likeness (QED) is 0.887. The molecule has 2 heterocycles. The summed E-state index contributed by atoms with van der Waals surface area (Å²) >= 11 is 3.47. The average Bonchev–Trinajstić information content (AvgIpc) is 2.73. The Morgan fingerprint density at radius 1 is 1.69 bits per heavy atom. The van der Waals surface area contributed by atoms with E-state index < -0.39 is 5.97 Å². The Kier molecular flexibility index (Phi) is 4.20. The predicted octanol–water partition coefficient (Wildman–Crippen LogP) is 1.54. The van der Waals surface area contributed by atoms with Crippen molar-refractivity contribution in [2.75, 3.05) is 18.1 Å². The van der Waals surface area contributed by atoms with Crippen molar-refractivity contribution in [3.8, 4) is 0 Å². The third kappa shape index (κ3) is 3.20. The summed E-state index contributed by atoms with van der Waals surface area (Å²) in [6.07, 6.45) is 2.03. The third-order valence-electron chi connectivity index (χ3n) is 2.58. The van der Waals surface area contributed by atoms with Gasteiger partial charge in [-0.15, -0.1) is 11.3 Å². The van der Waals surface area contributed by atoms with Crippen molar-refractivity contribution in [2.45, 2.75) is 19.0 Å². The van der Waals surface area contributed by atoms with Crippen molar-refractivity contribution in [3.63, 3.8) is 0 Å². The van der Waals surface area contributed by atoms with Crippen LogP contribution in [0.25, 0.3) is 0 Å². The second kappa shape index (κ2) is 5.65. The first-order chi connectivity index (χ1) is 7.75. The van der Waals surface area contributed by atoms with E-state index in [1.807, 2.05) is 17.1 Å². The number of thiazole rings is 1. The maximum Gasteiger partial charge on any atom is 0.304 e. The van der Waals surface area contributed by atoms with Gasteiger partial charge in [-0.05, 0) is 0 Å². The molecule has 6 heteroatoms. The van der Waals surface area contributed by atoms with Gasteiger partial charge in [-0.3, -0.25) is 9.69 Å². The Hall–Kier alpha value is -0.590. The van der Waals surface area contributed by atoms with E-state index in [4.69, 9.17) is 5.11 Å². The predicted molar refractivity (Wildman–Crippen MR) is 65.9 cm³/mol. The lowest BCUT2D eigenvalue weighted by Gasteiger charge is -2.33.